The van der Waals surface area contributed by atoms with Crippen LogP contribution in [0.5, 0.6) is 0 Å². The van der Waals surface area contributed by atoms with Crippen molar-refractivity contribution in [2.45, 2.75) is 11.8 Å². The lowest BCUT2D eigenvalue weighted by atomic mass is 10.1. The zero-order chi connectivity index (χ0) is 18.7. The summed E-state index contributed by atoms with van der Waals surface area (Å²) in [6.07, 6.45) is 0. The Labute approximate surface area is 153 Å². The molecule has 0 N–H and O–H groups in total. The van der Waals surface area contributed by atoms with Gasteiger partial charge in [-0.25, -0.2) is 8.42 Å². The summed E-state index contributed by atoms with van der Waals surface area (Å²) >= 11 is 0. The lowest BCUT2D eigenvalue weighted by Gasteiger charge is -2.34. The highest BCUT2D eigenvalue weighted by Crippen LogP contribution is 2.19. The van der Waals surface area contributed by atoms with E-state index in [4.69, 9.17) is 5.26 Å². The second-order valence-electron chi connectivity index (χ2n) is 6.20. The smallest absolute Gasteiger partial charge is 0.253 e. The van der Waals surface area contributed by atoms with Crippen molar-refractivity contribution in [1.82, 2.24) is 9.21 Å². The number of carbonyl (C=O) groups excluding carboxylic acids is 1. The summed E-state index contributed by atoms with van der Waals surface area (Å²) in [6, 6.07) is 15.3. The van der Waals surface area contributed by atoms with E-state index in [0.29, 0.717) is 24.2 Å². The summed E-state index contributed by atoms with van der Waals surface area (Å²) in [6.45, 7) is 3.04. The van der Waals surface area contributed by atoms with Crippen molar-refractivity contribution in [1.29, 1.82) is 5.26 Å². The van der Waals surface area contributed by atoms with Gasteiger partial charge in [-0.05, 0) is 37.3 Å². The van der Waals surface area contributed by atoms with Gasteiger partial charge in [-0.3, -0.25) is 4.79 Å². The number of piperazine rings is 1. The summed E-state index contributed by atoms with van der Waals surface area (Å²) in [5.41, 5.74) is 1.87. The third-order valence-corrected chi connectivity index (χ3v) is 6.34. The van der Waals surface area contributed by atoms with Crippen molar-refractivity contribution in [2.24, 2.45) is 0 Å². The first-order valence-corrected chi connectivity index (χ1v) is 9.72. The second kappa shape index (κ2) is 7.28. The van der Waals surface area contributed by atoms with Crippen LogP contribution in [0, 0.1) is 18.3 Å². The molecule has 7 heteroatoms. The maximum Gasteiger partial charge on any atom is 0.253 e. The largest absolute Gasteiger partial charge is 0.336 e. The first-order chi connectivity index (χ1) is 12.4. The number of sulfonamides is 1. The van der Waals surface area contributed by atoms with Crippen LogP contribution in [-0.2, 0) is 10.0 Å². The van der Waals surface area contributed by atoms with Crippen molar-refractivity contribution in [3.05, 3.63) is 65.2 Å². The monoisotopic (exact) mass is 369 g/mol. The van der Waals surface area contributed by atoms with Crippen molar-refractivity contribution in [3.8, 4) is 6.07 Å². The molecule has 1 saturated heterocycles. The Morgan fingerprint density at radius 2 is 1.69 bits per heavy atom. The first kappa shape index (κ1) is 18.1. The molecule has 0 atom stereocenters. The van der Waals surface area contributed by atoms with Gasteiger partial charge < -0.3 is 4.90 Å². The average molecular weight is 369 g/mol. The van der Waals surface area contributed by atoms with Crippen LogP contribution in [-0.4, -0.2) is 49.7 Å². The van der Waals surface area contributed by atoms with Crippen molar-refractivity contribution in [3.63, 3.8) is 0 Å². The highest BCUT2D eigenvalue weighted by Gasteiger charge is 2.30. The lowest BCUT2D eigenvalue weighted by Crippen LogP contribution is -2.50. The number of rotatable bonds is 3. The van der Waals surface area contributed by atoms with Crippen LogP contribution in [0.3, 0.4) is 0 Å². The van der Waals surface area contributed by atoms with E-state index in [1.807, 2.05) is 13.0 Å². The van der Waals surface area contributed by atoms with Gasteiger partial charge in [0.05, 0.1) is 16.5 Å². The Kier molecular flexibility index (Phi) is 5.07. The van der Waals surface area contributed by atoms with Gasteiger partial charge in [-0.2, -0.15) is 9.57 Å². The molecule has 0 aromatic heterocycles. The van der Waals surface area contributed by atoms with Crippen LogP contribution in [0.2, 0.25) is 0 Å². The fraction of sp³-hybridized carbons (Fsp3) is 0.263. The SMILES string of the molecule is Cc1ccc(S(=O)(=O)N2CCN(C(=O)c3cccc(C#N)c3)CC2)cc1. The molecule has 0 bridgehead atoms. The summed E-state index contributed by atoms with van der Waals surface area (Å²) < 4.78 is 26.8. The van der Waals surface area contributed by atoms with Gasteiger partial charge in [-0.15, -0.1) is 0 Å². The molecule has 2 aromatic rings. The molecule has 0 unspecified atom stereocenters. The van der Waals surface area contributed by atoms with E-state index < -0.39 is 10.0 Å². The Morgan fingerprint density at radius 1 is 1.04 bits per heavy atom. The fourth-order valence-electron chi connectivity index (χ4n) is 2.90. The third kappa shape index (κ3) is 3.62. The number of carbonyl (C=O) groups is 1. The molecule has 0 radical (unpaired) electrons. The molecular weight excluding hydrogens is 350 g/mol. The molecule has 0 saturated carbocycles. The number of aryl methyl sites for hydroxylation is 1. The van der Waals surface area contributed by atoms with Crippen LogP contribution in [0.15, 0.2) is 53.4 Å². The quantitative estimate of drug-likeness (QED) is 0.829. The Balaban J connectivity index is 1.69. The number of amides is 1. The molecule has 1 aliphatic heterocycles. The van der Waals surface area contributed by atoms with Crippen LogP contribution < -0.4 is 0 Å². The van der Waals surface area contributed by atoms with Crippen LogP contribution >= 0.6 is 0 Å². The summed E-state index contributed by atoms with van der Waals surface area (Å²) in [5.74, 6) is -0.186. The van der Waals surface area contributed by atoms with Gasteiger partial charge in [0, 0.05) is 31.7 Å². The minimum Gasteiger partial charge on any atom is -0.336 e. The van der Waals surface area contributed by atoms with Gasteiger partial charge >= 0.3 is 0 Å². The second-order valence-corrected chi connectivity index (χ2v) is 8.14. The summed E-state index contributed by atoms with van der Waals surface area (Å²) in [7, 11) is -3.55. The molecule has 26 heavy (non-hydrogen) atoms. The molecule has 1 heterocycles. The number of nitriles is 1. The summed E-state index contributed by atoms with van der Waals surface area (Å²) in [4.78, 5) is 14.5. The predicted molar refractivity (Wildman–Crippen MR) is 97.0 cm³/mol. The van der Waals surface area contributed by atoms with Crippen molar-refractivity contribution >= 4 is 15.9 Å². The normalized spacial score (nSPS) is 15.5. The van der Waals surface area contributed by atoms with E-state index in [1.54, 1.807) is 53.4 Å². The predicted octanol–water partition coefficient (Wildman–Crippen LogP) is 2.01. The van der Waals surface area contributed by atoms with Gasteiger partial charge in [0.25, 0.3) is 5.91 Å². The third-order valence-electron chi connectivity index (χ3n) is 4.42. The van der Waals surface area contributed by atoms with Crippen molar-refractivity contribution in [2.75, 3.05) is 26.2 Å². The Bertz CT molecular complexity index is 954. The van der Waals surface area contributed by atoms with Gasteiger partial charge in [0.2, 0.25) is 10.0 Å². The molecule has 1 fully saturated rings. The van der Waals surface area contributed by atoms with E-state index in [2.05, 4.69) is 0 Å². The lowest BCUT2D eigenvalue weighted by molar-refractivity contribution is 0.0698. The first-order valence-electron chi connectivity index (χ1n) is 8.28. The number of hydrogen-bond acceptors (Lipinski definition) is 4. The number of benzene rings is 2. The zero-order valence-electron chi connectivity index (χ0n) is 14.4. The van der Waals surface area contributed by atoms with E-state index in [1.165, 1.54) is 4.31 Å². The Hall–Kier alpha value is -2.69. The number of nitrogens with zero attached hydrogens (tertiary/aromatic N) is 3. The van der Waals surface area contributed by atoms with E-state index in [9.17, 15) is 13.2 Å². The van der Waals surface area contributed by atoms with Gasteiger partial charge in [0.1, 0.15) is 0 Å². The summed E-state index contributed by atoms with van der Waals surface area (Å²) in [5, 5.41) is 8.96. The molecule has 1 aliphatic rings. The molecule has 134 valence electrons. The minimum atomic E-state index is -3.55. The Morgan fingerprint density at radius 3 is 2.31 bits per heavy atom. The average Bonchev–Trinajstić information content (AvgIpc) is 2.68. The van der Waals surface area contributed by atoms with E-state index in [0.717, 1.165) is 5.56 Å². The molecule has 2 aromatic carbocycles. The topological polar surface area (TPSA) is 81.5 Å². The van der Waals surface area contributed by atoms with Crippen molar-refractivity contribution < 1.29 is 13.2 Å². The van der Waals surface area contributed by atoms with E-state index >= 15 is 0 Å². The highest BCUT2D eigenvalue weighted by molar-refractivity contribution is 7.89. The fourth-order valence-corrected chi connectivity index (χ4v) is 4.32. The van der Waals surface area contributed by atoms with Gasteiger partial charge in [-0.1, -0.05) is 23.8 Å². The van der Waals surface area contributed by atoms with Crippen LogP contribution in [0.4, 0.5) is 0 Å². The molecule has 6 nitrogen and oxygen atoms in total. The molecule has 0 spiro atoms. The minimum absolute atomic E-state index is 0.186. The van der Waals surface area contributed by atoms with Crippen LogP contribution in [0.1, 0.15) is 21.5 Å². The zero-order valence-corrected chi connectivity index (χ0v) is 15.2. The highest BCUT2D eigenvalue weighted by atomic mass is 32.2. The van der Waals surface area contributed by atoms with E-state index in [-0.39, 0.29) is 23.9 Å². The molecular formula is C19H19N3O3S. The number of hydrogen-bond donors (Lipinski definition) is 0. The standard InChI is InChI=1S/C19H19N3O3S/c1-15-5-7-18(8-6-15)26(24,25)22-11-9-21(10-12-22)19(23)17-4-2-3-16(13-17)14-20/h2-8,13H,9-12H2,1H3. The molecule has 3 rings (SSSR count). The maximum absolute atomic E-state index is 12.7. The molecule has 1 amide bonds. The maximum atomic E-state index is 12.7. The molecule has 0 aliphatic carbocycles. The van der Waals surface area contributed by atoms with Crippen LogP contribution in [0.25, 0.3) is 0 Å². The van der Waals surface area contributed by atoms with Gasteiger partial charge in [0.15, 0.2) is 0 Å².